The third kappa shape index (κ3) is 1.57. The van der Waals surface area contributed by atoms with Crippen LogP contribution >= 0.6 is 0 Å². The van der Waals surface area contributed by atoms with Gasteiger partial charge >= 0.3 is 0 Å². The molecule has 0 fully saturated rings. The van der Waals surface area contributed by atoms with Crippen molar-refractivity contribution in [2.75, 3.05) is 14.1 Å². The largest absolute Gasteiger partial charge is 0.447 e. The van der Waals surface area contributed by atoms with Crippen molar-refractivity contribution in [1.82, 2.24) is 0 Å². The molecule has 1 unspecified atom stereocenters. The predicted octanol–water partition coefficient (Wildman–Crippen LogP) is -0.443. The first-order valence-corrected chi connectivity index (χ1v) is 3.09. The lowest BCUT2D eigenvalue weighted by molar-refractivity contribution is -0.900. The molecule has 0 spiro atoms. The molecule has 0 saturated carbocycles. The molecule has 1 heterocycles. The Morgan fingerprint density at radius 2 is 2.11 bits per heavy atom. The van der Waals surface area contributed by atoms with Gasteiger partial charge in [0.1, 0.15) is 0 Å². The SMILES string of the molecule is C[NH+](C)C1C=CC=CO1. The molecule has 1 rings (SSSR count). The monoisotopic (exact) mass is 126 g/mol. The van der Waals surface area contributed by atoms with Gasteiger partial charge < -0.3 is 9.64 Å². The number of hydrogen-bond donors (Lipinski definition) is 1. The van der Waals surface area contributed by atoms with Crippen LogP contribution in [0.2, 0.25) is 0 Å². The summed E-state index contributed by atoms with van der Waals surface area (Å²) in [4.78, 5) is 1.29. The Kier molecular flexibility index (Phi) is 1.90. The van der Waals surface area contributed by atoms with Gasteiger partial charge in [-0.2, -0.15) is 0 Å². The molecule has 0 bridgehead atoms. The lowest BCUT2D eigenvalue weighted by atomic mass is 10.4. The van der Waals surface area contributed by atoms with E-state index in [0.717, 1.165) is 0 Å². The van der Waals surface area contributed by atoms with Crippen LogP contribution in [-0.4, -0.2) is 20.3 Å². The first-order chi connectivity index (χ1) is 4.30. The highest BCUT2D eigenvalue weighted by atomic mass is 16.5. The van der Waals surface area contributed by atoms with Gasteiger partial charge in [-0.15, -0.1) is 0 Å². The van der Waals surface area contributed by atoms with E-state index in [9.17, 15) is 0 Å². The molecule has 0 aliphatic carbocycles. The van der Waals surface area contributed by atoms with Crippen molar-refractivity contribution < 1.29 is 9.64 Å². The minimum absolute atomic E-state index is 0.204. The molecular formula is C7H12NO+. The van der Waals surface area contributed by atoms with Gasteiger partial charge in [-0.25, -0.2) is 0 Å². The lowest BCUT2D eigenvalue weighted by Gasteiger charge is -2.18. The van der Waals surface area contributed by atoms with Gasteiger partial charge in [0, 0.05) is 6.08 Å². The van der Waals surface area contributed by atoms with Crippen LogP contribution in [0.4, 0.5) is 0 Å². The second kappa shape index (κ2) is 2.69. The molecule has 50 valence electrons. The number of nitrogens with one attached hydrogen (secondary N) is 1. The third-order valence-corrected chi connectivity index (χ3v) is 1.27. The molecule has 1 N–H and O–H groups in total. The number of quaternary nitrogens is 1. The standard InChI is InChI=1S/C7H11NO/c1-8(2)7-5-3-4-6-9-7/h3-7H,1-2H3/p+1. The third-order valence-electron chi connectivity index (χ3n) is 1.27. The maximum atomic E-state index is 5.23. The fraction of sp³-hybridized carbons (Fsp3) is 0.429. The Morgan fingerprint density at radius 3 is 2.44 bits per heavy atom. The van der Waals surface area contributed by atoms with Gasteiger partial charge in [0.2, 0.25) is 0 Å². The second-order valence-corrected chi connectivity index (χ2v) is 2.35. The van der Waals surface area contributed by atoms with E-state index < -0.39 is 0 Å². The van der Waals surface area contributed by atoms with Crippen LogP contribution in [0, 0.1) is 0 Å². The number of allylic oxidation sites excluding steroid dienone is 2. The summed E-state index contributed by atoms with van der Waals surface area (Å²) in [6.45, 7) is 0. The summed E-state index contributed by atoms with van der Waals surface area (Å²) < 4.78 is 5.23. The number of rotatable bonds is 1. The van der Waals surface area contributed by atoms with Gasteiger partial charge in [-0.1, -0.05) is 6.08 Å². The predicted molar refractivity (Wildman–Crippen MR) is 36.0 cm³/mol. The normalized spacial score (nSPS) is 24.6. The summed E-state index contributed by atoms with van der Waals surface area (Å²) in [6, 6.07) is 0. The molecule has 1 aliphatic heterocycles. The van der Waals surface area contributed by atoms with E-state index >= 15 is 0 Å². The van der Waals surface area contributed by atoms with Crippen LogP contribution in [0.1, 0.15) is 0 Å². The van der Waals surface area contributed by atoms with E-state index in [1.807, 2.05) is 18.2 Å². The average molecular weight is 126 g/mol. The summed E-state index contributed by atoms with van der Waals surface area (Å²) in [5.41, 5.74) is 0. The zero-order valence-corrected chi connectivity index (χ0v) is 5.79. The zero-order chi connectivity index (χ0) is 6.69. The van der Waals surface area contributed by atoms with E-state index in [1.165, 1.54) is 4.90 Å². The fourth-order valence-electron chi connectivity index (χ4n) is 0.714. The molecule has 0 aromatic rings. The highest BCUT2D eigenvalue weighted by molar-refractivity contribution is 5.04. The Morgan fingerprint density at radius 1 is 1.33 bits per heavy atom. The van der Waals surface area contributed by atoms with Crippen LogP contribution in [0.25, 0.3) is 0 Å². The molecule has 0 radical (unpaired) electrons. The first-order valence-electron chi connectivity index (χ1n) is 3.09. The summed E-state index contributed by atoms with van der Waals surface area (Å²) >= 11 is 0. The van der Waals surface area contributed by atoms with E-state index in [4.69, 9.17) is 4.74 Å². The van der Waals surface area contributed by atoms with Gasteiger partial charge in [0.05, 0.1) is 20.4 Å². The molecule has 1 atom stereocenters. The van der Waals surface area contributed by atoms with E-state index in [-0.39, 0.29) is 6.23 Å². The van der Waals surface area contributed by atoms with Gasteiger partial charge in [0.15, 0.2) is 0 Å². The Hall–Kier alpha value is -0.760. The van der Waals surface area contributed by atoms with Crippen molar-refractivity contribution in [3.05, 3.63) is 24.5 Å². The van der Waals surface area contributed by atoms with Crippen molar-refractivity contribution in [1.29, 1.82) is 0 Å². The molecule has 0 aromatic heterocycles. The van der Waals surface area contributed by atoms with Gasteiger partial charge in [-0.3, -0.25) is 0 Å². The van der Waals surface area contributed by atoms with Gasteiger partial charge in [-0.05, 0) is 6.08 Å². The second-order valence-electron chi connectivity index (χ2n) is 2.35. The maximum Gasteiger partial charge on any atom is 0.250 e. The Balaban J connectivity index is 2.46. The minimum atomic E-state index is 0.204. The van der Waals surface area contributed by atoms with Crippen LogP contribution < -0.4 is 4.90 Å². The highest BCUT2D eigenvalue weighted by Crippen LogP contribution is 1.93. The number of likely N-dealkylation sites (N-methyl/N-ethyl adjacent to an activating group) is 1. The van der Waals surface area contributed by atoms with E-state index in [0.29, 0.717) is 0 Å². The summed E-state index contributed by atoms with van der Waals surface area (Å²) in [7, 11) is 4.13. The smallest absolute Gasteiger partial charge is 0.250 e. The molecule has 0 saturated heterocycles. The van der Waals surface area contributed by atoms with Crippen molar-refractivity contribution in [2.24, 2.45) is 0 Å². The quantitative estimate of drug-likeness (QED) is 0.503. The Labute approximate surface area is 55.4 Å². The molecule has 2 nitrogen and oxygen atoms in total. The highest BCUT2D eigenvalue weighted by Gasteiger charge is 2.10. The minimum Gasteiger partial charge on any atom is -0.447 e. The van der Waals surface area contributed by atoms with Crippen LogP contribution in [0.15, 0.2) is 24.5 Å². The van der Waals surface area contributed by atoms with Crippen LogP contribution in [-0.2, 0) is 4.74 Å². The lowest BCUT2D eigenvalue weighted by Crippen LogP contribution is -3.10. The summed E-state index contributed by atoms with van der Waals surface area (Å²) in [5.74, 6) is 0. The average Bonchev–Trinajstić information content (AvgIpc) is 1.90. The number of hydrogen-bond acceptors (Lipinski definition) is 1. The van der Waals surface area contributed by atoms with Crippen molar-refractivity contribution in [3.63, 3.8) is 0 Å². The fourth-order valence-corrected chi connectivity index (χ4v) is 0.714. The van der Waals surface area contributed by atoms with Crippen molar-refractivity contribution >= 4 is 0 Å². The molecule has 9 heavy (non-hydrogen) atoms. The molecule has 1 aliphatic rings. The molecule has 0 amide bonds. The van der Waals surface area contributed by atoms with E-state index in [1.54, 1.807) is 6.26 Å². The topological polar surface area (TPSA) is 13.7 Å². The van der Waals surface area contributed by atoms with Crippen molar-refractivity contribution in [2.45, 2.75) is 6.23 Å². The van der Waals surface area contributed by atoms with Crippen molar-refractivity contribution in [3.8, 4) is 0 Å². The first kappa shape index (κ1) is 6.36. The van der Waals surface area contributed by atoms with Gasteiger partial charge in [0.25, 0.3) is 6.23 Å². The maximum absolute atomic E-state index is 5.23. The zero-order valence-electron chi connectivity index (χ0n) is 5.79. The summed E-state index contributed by atoms with van der Waals surface area (Å²) in [6.07, 6.45) is 7.85. The molecular weight excluding hydrogens is 114 g/mol. The van der Waals surface area contributed by atoms with Crippen LogP contribution in [0.3, 0.4) is 0 Å². The molecule has 2 heteroatoms. The summed E-state index contributed by atoms with van der Waals surface area (Å²) in [5, 5.41) is 0. The van der Waals surface area contributed by atoms with E-state index in [2.05, 4.69) is 14.1 Å². The number of ether oxygens (including phenoxy) is 1. The molecule has 0 aromatic carbocycles. The Bertz CT molecular complexity index is 138. The van der Waals surface area contributed by atoms with Crippen LogP contribution in [0.5, 0.6) is 0 Å².